The van der Waals surface area contributed by atoms with Crippen LogP contribution in [0, 0.1) is 0 Å². The van der Waals surface area contributed by atoms with Crippen molar-refractivity contribution in [2.24, 2.45) is 5.73 Å². The van der Waals surface area contributed by atoms with Gasteiger partial charge in [0.15, 0.2) is 11.9 Å². The van der Waals surface area contributed by atoms with Crippen LogP contribution in [-0.4, -0.2) is 16.7 Å². The Labute approximate surface area is 124 Å². The van der Waals surface area contributed by atoms with Gasteiger partial charge >= 0.3 is 0 Å². The minimum Gasteiger partial charge on any atom is -0.364 e. The van der Waals surface area contributed by atoms with Gasteiger partial charge in [-0.05, 0) is 25.3 Å². The van der Waals surface area contributed by atoms with E-state index in [-0.39, 0.29) is 6.10 Å². The standard InChI is InChI=1S/C16H21N3O2/c1-2-20-13(12-8-4-3-5-9-12)14-18-15(19-21-14)16(17)10-6-7-11-16/h3-5,8-9,13H,2,6-7,10-11,17H2,1H3. The van der Waals surface area contributed by atoms with E-state index < -0.39 is 5.54 Å². The molecule has 5 heteroatoms. The number of hydrogen-bond donors (Lipinski definition) is 1. The molecule has 1 atom stereocenters. The molecule has 5 nitrogen and oxygen atoms in total. The summed E-state index contributed by atoms with van der Waals surface area (Å²) in [5, 5.41) is 4.11. The van der Waals surface area contributed by atoms with Gasteiger partial charge in [0.05, 0.1) is 5.54 Å². The lowest BCUT2D eigenvalue weighted by Gasteiger charge is -2.18. The lowest BCUT2D eigenvalue weighted by Crippen LogP contribution is -2.34. The average molecular weight is 287 g/mol. The van der Waals surface area contributed by atoms with Crippen molar-refractivity contribution >= 4 is 0 Å². The summed E-state index contributed by atoms with van der Waals surface area (Å²) in [7, 11) is 0. The van der Waals surface area contributed by atoms with Crippen LogP contribution >= 0.6 is 0 Å². The summed E-state index contributed by atoms with van der Waals surface area (Å²) >= 11 is 0. The predicted molar refractivity (Wildman–Crippen MR) is 78.5 cm³/mol. The van der Waals surface area contributed by atoms with E-state index in [1.54, 1.807) is 0 Å². The Hall–Kier alpha value is -1.72. The van der Waals surface area contributed by atoms with E-state index in [1.807, 2.05) is 37.3 Å². The maximum Gasteiger partial charge on any atom is 0.260 e. The van der Waals surface area contributed by atoms with Gasteiger partial charge in [-0.25, -0.2) is 0 Å². The van der Waals surface area contributed by atoms with Crippen LogP contribution < -0.4 is 5.73 Å². The first-order valence-corrected chi connectivity index (χ1v) is 7.52. The average Bonchev–Trinajstić information content (AvgIpc) is 3.16. The summed E-state index contributed by atoms with van der Waals surface area (Å²) in [5.41, 5.74) is 6.95. The van der Waals surface area contributed by atoms with Crippen molar-refractivity contribution < 1.29 is 9.26 Å². The summed E-state index contributed by atoms with van der Waals surface area (Å²) in [6, 6.07) is 9.91. The Kier molecular flexibility index (Phi) is 4.03. The number of aromatic nitrogens is 2. The molecule has 1 fully saturated rings. The number of nitrogens with zero attached hydrogens (tertiary/aromatic N) is 2. The van der Waals surface area contributed by atoms with E-state index in [9.17, 15) is 0 Å². The molecule has 1 saturated carbocycles. The topological polar surface area (TPSA) is 74.2 Å². The minimum absolute atomic E-state index is 0.331. The second-order valence-corrected chi connectivity index (χ2v) is 5.57. The molecule has 0 bridgehead atoms. The van der Waals surface area contributed by atoms with Gasteiger partial charge in [-0.3, -0.25) is 0 Å². The minimum atomic E-state index is -0.435. The SMILES string of the molecule is CCOC(c1ccccc1)c1nc(C2(N)CCCC2)no1. The van der Waals surface area contributed by atoms with E-state index >= 15 is 0 Å². The summed E-state index contributed by atoms with van der Waals surface area (Å²) < 4.78 is 11.2. The molecule has 3 rings (SSSR count). The smallest absolute Gasteiger partial charge is 0.260 e. The lowest BCUT2D eigenvalue weighted by atomic mass is 9.98. The lowest BCUT2D eigenvalue weighted by molar-refractivity contribution is 0.0667. The maximum absolute atomic E-state index is 6.38. The van der Waals surface area contributed by atoms with Gasteiger partial charge in [-0.2, -0.15) is 4.98 Å². The zero-order chi connectivity index (χ0) is 14.7. The summed E-state index contributed by atoms with van der Waals surface area (Å²) in [6.45, 7) is 2.53. The Morgan fingerprint density at radius 3 is 2.67 bits per heavy atom. The molecule has 0 saturated heterocycles. The quantitative estimate of drug-likeness (QED) is 0.915. The van der Waals surface area contributed by atoms with Crippen LogP contribution in [0.4, 0.5) is 0 Å². The first-order chi connectivity index (χ1) is 10.2. The van der Waals surface area contributed by atoms with Crippen molar-refractivity contribution in [3.05, 3.63) is 47.6 Å². The molecule has 21 heavy (non-hydrogen) atoms. The van der Waals surface area contributed by atoms with E-state index in [0.29, 0.717) is 18.3 Å². The molecule has 0 spiro atoms. The molecule has 0 aliphatic heterocycles. The Bertz CT molecular complexity index is 576. The monoisotopic (exact) mass is 287 g/mol. The van der Waals surface area contributed by atoms with Crippen molar-refractivity contribution in [1.82, 2.24) is 10.1 Å². The molecule has 1 heterocycles. The van der Waals surface area contributed by atoms with Crippen LogP contribution in [0.3, 0.4) is 0 Å². The molecule has 1 aliphatic carbocycles. The van der Waals surface area contributed by atoms with Gasteiger partial charge in [-0.1, -0.05) is 48.3 Å². The second kappa shape index (κ2) is 5.95. The van der Waals surface area contributed by atoms with E-state index in [1.165, 1.54) is 0 Å². The number of rotatable bonds is 5. The van der Waals surface area contributed by atoms with Crippen LogP contribution in [0.15, 0.2) is 34.9 Å². The Morgan fingerprint density at radius 2 is 2.00 bits per heavy atom. The van der Waals surface area contributed by atoms with Crippen LogP contribution in [-0.2, 0) is 10.3 Å². The predicted octanol–water partition coefficient (Wildman–Crippen LogP) is 2.92. The zero-order valence-corrected chi connectivity index (χ0v) is 12.3. The van der Waals surface area contributed by atoms with Gasteiger partial charge in [0, 0.05) is 6.61 Å². The highest BCUT2D eigenvalue weighted by Crippen LogP contribution is 2.35. The first-order valence-electron chi connectivity index (χ1n) is 7.52. The fraction of sp³-hybridized carbons (Fsp3) is 0.500. The molecule has 0 radical (unpaired) electrons. The summed E-state index contributed by atoms with van der Waals surface area (Å²) in [4.78, 5) is 4.53. The molecule has 2 aromatic rings. The zero-order valence-electron chi connectivity index (χ0n) is 12.3. The third kappa shape index (κ3) is 2.84. The maximum atomic E-state index is 6.38. The fourth-order valence-electron chi connectivity index (χ4n) is 2.88. The number of nitrogens with two attached hydrogens (primary N) is 1. The molecular formula is C16H21N3O2. The third-order valence-electron chi connectivity index (χ3n) is 4.04. The van der Waals surface area contributed by atoms with E-state index in [2.05, 4.69) is 10.1 Å². The van der Waals surface area contributed by atoms with Gasteiger partial charge < -0.3 is 15.0 Å². The Morgan fingerprint density at radius 1 is 1.29 bits per heavy atom. The number of hydrogen-bond acceptors (Lipinski definition) is 5. The van der Waals surface area contributed by atoms with Gasteiger partial charge in [0.1, 0.15) is 0 Å². The molecule has 1 aromatic heterocycles. The van der Waals surface area contributed by atoms with Gasteiger partial charge in [-0.15, -0.1) is 0 Å². The fourth-order valence-corrected chi connectivity index (χ4v) is 2.88. The molecule has 0 amide bonds. The molecule has 112 valence electrons. The highest BCUT2D eigenvalue weighted by Gasteiger charge is 2.37. The van der Waals surface area contributed by atoms with Crippen LogP contribution in [0.25, 0.3) is 0 Å². The molecule has 1 unspecified atom stereocenters. The largest absolute Gasteiger partial charge is 0.364 e. The van der Waals surface area contributed by atoms with Gasteiger partial charge in [0.25, 0.3) is 5.89 Å². The van der Waals surface area contributed by atoms with Crippen LogP contribution in [0.5, 0.6) is 0 Å². The van der Waals surface area contributed by atoms with E-state index in [0.717, 1.165) is 31.2 Å². The van der Waals surface area contributed by atoms with E-state index in [4.69, 9.17) is 15.0 Å². The summed E-state index contributed by atoms with van der Waals surface area (Å²) in [5.74, 6) is 1.09. The van der Waals surface area contributed by atoms with Crippen molar-refractivity contribution in [2.45, 2.75) is 44.2 Å². The highest BCUT2D eigenvalue weighted by molar-refractivity contribution is 5.22. The molecule has 2 N–H and O–H groups in total. The summed E-state index contributed by atoms with van der Waals surface area (Å²) in [6.07, 6.45) is 3.73. The van der Waals surface area contributed by atoms with Crippen LogP contribution in [0.2, 0.25) is 0 Å². The highest BCUT2D eigenvalue weighted by atomic mass is 16.5. The van der Waals surface area contributed by atoms with Crippen molar-refractivity contribution in [1.29, 1.82) is 0 Å². The third-order valence-corrected chi connectivity index (χ3v) is 4.04. The van der Waals surface area contributed by atoms with Crippen molar-refractivity contribution in [3.63, 3.8) is 0 Å². The number of ether oxygens (including phenoxy) is 1. The van der Waals surface area contributed by atoms with Gasteiger partial charge in [0.2, 0.25) is 0 Å². The first kappa shape index (κ1) is 14.2. The molecular weight excluding hydrogens is 266 g/mol. The normalized spacial score (nSPS) is 18.8. The van der Waals surface area contributed by atoms with Crippen LogP contribution in [0.1, 0.15) is 56.0 Å². The number of benzene rings is 1. The molecule has 1 aromatic carbocycles. The second-order valence-electron chi connectivity index (χ2n) is 5.57. The molecule has 1 aliphatic rings. The Balaban J connectivity index is 1.89. The van der Waals surface area contributed by atoms with Crippen molar-refractivity contribution in [3.8, 4) is 0 Å². The van der Waals surface area contributed by atoms with Crippen molar-refractivity contribution in [2.75, 3.05) is 6.61 Å².